The molecule has 3 aromatic carbocycles. The molecular weight excluding hydrogens is 469 g/mol. The number of para-hydroxylation sites is 1. The molecule has 0 saturated heterocycles. The van der Waals surface area contributed by atoms with Gasteiger partial charge in [0.1, 0.15) is 24.8 Å². The average molecular weight is 498 g/mol. The second kappa shape index (κ2) is 10.8. The molecule has 1 aliphatic heterocycles. The van der Waals surface area contributed by atoms with E-state index in [-0.39, 0.29) is 30.7 Å². The number of hydrogen-bond donors (Lipinski definition) is 1. The summed E-state index contributed by atoms with van der Waals surface area (Å²) in [4.78, 5) is 26.9. The lowest BCUT2D eigenvalue weighted by molar-refractivity contribution is -0.140. The Hall–Kier alpha value is -4.19. The van der Waals surface area contributed by atoms with Crippen molar-refractivity contribution in [3.8, 4) is 5.75 Å². The SMILES string of the molecule is CC1=C(C(=O)OCCOc2ccccc2)C(c2ccc(F)cc2)C2=C(CC(c3ccccc3)CC2=O)N1. The predicted molar refractivity (Wildman–Crippen MR) is 138 cm³/mol. The third-order valence-corrected chi connectivity index (χ3v) is 6.85. The fourth-order valence-electron chi connectivity index (χ4n) is 5.15. The van der Waals surface area contributed by atoms with E-state index in [1.54, 1.807) is 12.1 Å². The highest BCUT2D eigenvalue weighted by Crippen LogP contribution is 2.45. The Kier molecular flexibility index (Phi) is 7.17. The van der Waals surface area contributed by atoms with Crippen LogP contribution in [0.3, 0.4) is 0 Å². The monoisotopic (exact) mass is 497 g/mol. The normalized spacial score (nSPS) is 19.2. The maximum Gasteiger partial charge on any atom is 0.336 e. The van der Waals surface area contributed by atoms with Crippen molar-refractivity contribution in [3.05, 3.63) is 124 Å². The zero-order chi connectivity index (χ0) is 25.8. The van der Waals surface area contributed by atoms with Crippen LogP contribution in [0, 0.1) is 5.82 Å². The fourth-order valence-corrected chi connectivity index (χ4v) is 5.15. The van der Waals surface area contributed by atoms with Crippen LogP contribution in [0.1, 0.15) is 42.7 Å². The van der Waals surface area contributed by atoms with E-state index in [4.69, 9.17) is 9.47 Å². The van der Waals surface area contributed by atoms with Gasteiger partial charge in [-0.15, -0.1) is 0 Å². The Morgan fingerprint density at radius 3 is 2.27 bits per heavy atom. The minimum Gasteiger partial charge on any atom is -0.490 e. The van der Waals surface area contributed by atoms with E-state index in [9.17, 15) is 14.0 Å². The van der Waals surface area contributed by atoms with Crippen LogP contribution < -0.4 is 10.1 Å². The molecule has 188 valence electrons. The zero-order valence-electron chi connectivity index (χ0n) is 20.6. The highest BCUT2D eigenvalue weighted by molar-refractivity contribution is 6.04. The molecule has 2 unspecified atom stereocenters. The van der Waals surface area contributed by atoms with Crippen molar-refractivity contribution in [2.45, 2.75) is 31.6 Å². The van der Waals surface area contributed by atoms with Gasteiger partial charge in [-0.3, -0.25) is 4.79 Å². The molecule has 5 nitrogen and oxygen atoms in total. The van der Waals surface area contributed by atoms with E-state index in [1.165, 1.54) is 12.1 Å². The summed E-state index contributed by atoms with van der Waals surface area (Å²) in [6.07, 6.45) is 0.988. The molecule has 2 aliphatic rings. The quantitative estimate of drug-likeness (QED) is 0.330. The largest absolute Gasteiger partial charge is 0.490 e. The fraction of sp³-hybridized carbons (Fsp3) is 0.226. The van der Waals surface area contributed by atoms with Crippen LogP contribution in [0.15, 0.2) is 107 Å². The molecule has 0 fully saturated rings. The van der Waals surface area contributed by atoms with E-state index >= 15 is 0 Å². The number of ether oxygens (including phenoxy) is 2. The Labute approximate surface area is 215 Å². The second-order valence-corrected chi connectivity index (χ2v) is 9.28. The van der Waals surface area contributed by atoms with Gasteiger partial charge in [-0.05, 0) is 54.7 Å². The first-order valence-corrected chi connectivity index (χ1v) is 12.4. The van der Waals surface area contributed by atoms with Crippen LogP contribution in [-0.4, -0.2) is 25.0 Å². The van der Waals surface area contributed by atoms with Gasteiger partial charge in [-0.1, -0.05) is 60.7 Å². The van der Waals surface area contributed by atoms with Gasteiger partial charge in [0.05, 0.1) is 5.57 Å². The van der Waals surface area contributed by atoms with Gasteiger partial charge in [0.2, 0.25) is 0 Å². The van der Waals surface area contributed by atoms with Crippen LogP contribution in [0.2, 0.25) is 0 Å². The summed E-state index contributed by atoms with van der Waals surface area (Å²) in [7, 11) is 0. The summed E-state index contributed by atoms with van der Waals surface area (Å²) in [5.74, 6) is -0.835. The number of carbonyl (C=O) groups excluding carboxylic acids is 2. The summed E-state index contributed by atoms with van der Waals surface area (Å²) in [5, 5.41) is 3.34. The summed E-state index contributed by atoms with van der Waals surface area (Å²) in [5.41, 5.74) is 4.12. The molecule has 37 heavy (non-hydrogen) atoms. The standard InChI is InChI=1S/C31H28FNO4/c1-20-28(31(35)37-17-16-36-25-10-6-3-7-11-25)29(22-12-14-24(32)15-13-22)30-26(33-20)18-23(19-27(30)34)21-8-4-2-5-9-21/h2-15,23,29,33H,16-19H2,1H3. The van der Waals surface area contributed by atoms with Crippen molar-refractivity contribution in [2.24, 2.45) is 0 Å². The van der Waals surface area contributed by atoms with Crippen molar-refractivity contribution in [1.29, 1.82) is 0 Å². The first kappa shape index (κ1) is 24.5. The molecule has 0 aromatic heterocycles. The lowest BCUT2D eigenvalue weighted by Gasteiger charge is -2.36. The number of nitrogens with one attached hydrogen (secondary N) is 1. The molecule has 0 radical (unpaired) electrons. The number of carbonyl (C=O) groups is 2. The van der Waals surface area contributed by atoms with Gasteiger partial charge in [0.15, 0.2) is 5.78 Å². The summed E-state index contributed by atoms with van der Waals surface area (Å²) in [6, 6.07) is 25.2. The molecule has 2 atom stereocenters. The van der Waals surface area contributed by atoms with Crippen molar-refractivity contribution in [3.63, 3.8) is 0 Å². The number of esters is 1. The van der Waals surface area contributed by atoms with E-state index in [0.29, 0.717) is 41.0 Å². The zero-order valence-corrected chi connectivity index (χ0v) is 20.6. The maximum atomic E-state index is 13.8. The Morgan fingerprint density at radius 1 is 0.892 bits per heavy atom. The number of benzene rings is 3. The first-order chi connectivity index (χ1) is 18.0. The lowest BCUT2D eigenvalue weighted by Crippen LogP contribution is -2.36. The molecule has 1 aliphatic carbocycles. The van der Waals surface area contributed by atoms with Gasteiger partial charge < -0.3 is 14.8 Å². The summed E-state index contributed by atoms with van der Waals surface area (Å²) < 4.78 is 25.0. The molecule has 0 spiro atoms. The van der Waals surface area contributed by atoms with Crippen molar-refractivity contribution < 1.29 is 23.5 Å². The Balaban J connectivity index is 1.41. The number of rotatable bonds is 7. The maximum absolute atomic E-state index is 13.8. The minimum absolute atomic E-state index is 0.0258. The van der Waals surface area contributed by atoms with Gasteiger partial charge in [-0.25, -0.2) is 9.18 Å². The van der Waals surface area contributed by atoms with E-state index < -0.39 is 11.9 Å². The average Bonchev–Trinajstić information content (AvgIpc) is 2.91. The second-order valence-electron chi connectivity index (χ2n) is 9.28. The molecule has 5 rings (SSSR count). The first-order valence-electron chi connectivity index (χ1n) is 12.4. The third-order valence-electron chi connectivity index (χ3n) is 6.85. The molecule has 6 heteroatoms. The van der Waals surface area contributed by atoms with Gasteiger partial charge in [0, 0.05) is 29.3 Å². The van der Waals surface area contributed by atoms with Crippen LogP contribution >= 0.6 is 0 Å². The number of dihydropyridines is 1. The Bertz CT molecular complexity index is 1350. The number of ketones is 1. The topological polar surface area (TPSA) is 64.6 Å². The summed E-state index contributed by atoms with van der Waals surface area (Å²) >= 11 is 0. The van der Waals surface area contributed by atoms with E-state index in [0.717, 1.165) is 11.3 Å². The number of halogens is 1. The predicted octanol–water partition coefficient (Wildman–Crippen LogP) is 5.81. The number of Topliss-reactive ketones (excluding diaryl/α,β-unsaturated/α-hetero) is 1. The van der Waals surface area contributed by atoms with Crippen molar-refractivity contribution >= 4 is 11.8 Å². The highest BCUT2D eigenvalue weighted by atomic mass is 19.1. The number of hydrogen-bond acceptors (Lipinski definition) is 5. The molecular formula is C31H28FNO4. The van der Waals surface area contributed by atoms with Crippen LogP contribution in [-0.2, 0) is 14.3 Å². The smallest absolute Gasteiger partial charge is 0.336 e. The molecule has 1 heterocycles. The van der Waals surface area contributed by atoms with Crippen molar-refractivity contribution in [1.82, 2.24) is 5.32 Å². The van der Waals surface area contributed by atoms with E-state index in [2.05, 4.69) is 5.32 Å². The summed E-state index contributed by atoms with van der Waals surface area (Å²) in [6.45, 7) is 2.06. The molecule has 0 saturated carbocycles. The van der Waals surface area contributed by atoms with Gasteiger partial charge in [-0.2, -0.15) is 0 Å². The highest BCUT2D eigenvalue weighted by Gasteiger charge is 2.41. The van der Waals surface area contributed by atoms with Gasteiger partial charge in [0.25, 0.3) is 0 Å². The Morgan fingerprint density at radius 2 is 1.57 bits per heavy atom. The van der Waals surface area contributed by atoms with E-state index in [1.807, 2.05) is 67.6 Å². The molecule has 1 N–H and O–H groups in total. The third kappa shape index (κ3) is 5.33. The molecule has 0 bridgehead atoms. The number of allylic oxidation sites excluding steroid dienone is 3. The van der Waals surface area contributed by atoms with Crippen molar-refractivity contribution in [2.75, 3.05) is 13.2 Å². The van der Waals surface area contributed by atoms with Crippen LogP contribution in [0.5, 0.6) is 5.75 Å². The van der Waals surface area contributed by atoms with Crippen LogP contribution in [0.25, 0.3) is 0 Å². The molecule has 0 amide bonds. The van der Waals surface area contributed by atoms with Crippen LogP contribution in [0.4, 0.5) is 4.39 Å². The molecule has 3 aromatic rings. The van der Waals surface area contributed by atoms with Gasteiger partial charge >= 0.3 is 5.97 Å². The minimum atomic E-state index is -0.636. The lowest BCUT2D eigenvalue weighted by atomic mass is 9.72.